The fourth-order valence-corrected chi connectivity index (χ4v) is 2.98. The summed E-state index contributed by atoms with van der Waals surface area (Å²) in [4.78, 5) is 17.5. The number of aromatic nitrogens is 2. The monoisotopic (exact) mass is 313 g/mol. The van der Waals surface area contributed by atoms with Gasteiger partial charge in [0.2, 0.25) is 5.91 Å². The number of carbonyl (C=O) groups is 1. The molecule has 0 bridgehead atoms. The standard InChI is InChI=1S/C17H19N3OS/c1-17(2,3)10-15(21)18-13-6-4-12(5-7-13)14-11-20-8-9-22-16(20)19-14/h4-9,11H,10H2,1-3H3,(H,18,21). The third kappa shape index (κ3) is 3.36. The summed E-state index contributed by atoms with van der Waals surface area (Å²) in [7, 11) is 0. The van der Waals surface area contributed by atoms with E-state index in [2.05, 4.69) is 31.1 Å². The Morgan fingerprint density at radius 1 is 1.27 bits per heavy atom. The molecule has 0 atom stereocenters. The van der Waals surface area contributed by atoms with E-state index in [0.717, 1.165) is 21.9 Å². The van der Waals surface area contributed by atoms with Gasteiger partial charge in [-0.05, 0) is 17.5 Å². The Morgan fingerprint density at radius 2 is 2.00 bits per heavy atom. The van der Waals surface area contributed by atoms with Crippen LogP contribution in [-0.4, -0.2) is 15.3 Å². The first-order valence-corrected chi connectivity index (χ1v) is 8.11. The van der Waals surface area contributed by atoms with Crippen molar-refractivity contribution in [3.63, 3.8) is 0 Å². The van der Waals surface area contributed by atoms with Crippen LogP contribution in [0.1, 0.15) is 27.2 Å². The molecule has 2 heterocycles. The minimum Gasteiger partial charge on any atom is -0.326 e. The van der Waals surface area contributed by atoms with Gasteiger partial charge >= 0.3 is 0 Å². The van der Waals surface area contributed by atoms with Crippen molar-refractivity contribution < 1.29 is 4.79 Å². The van der Waals surface area contributed by atoms with Gasteiger partial charge in [-0.2, -0.15) is 0 Å². The largest absolute Gasteiger partial charge is 0.326 e. The number of anilines is 1. The molecule has 1 N–H and O–H groups in total. The summed E-state index contributed by atoms with van der Waals surface area (Å²) in [6.45, 7) is 6.17. The van der Waals surface area contributed by atoms with Crippen LogP contribution in [0.2, 0.25) is 0 Å². The molecule has 2 aromatic heterocycles. The number of thiazole rings is 1. The first-order valence-electron chi connectivity index (χ1n) is 7.23. The molecule has 0 unspecified atom stereocenters. The van der Waals surface area contributed by atoms with Crippen molar-refractivity contribution in [2.24, 2.45) is 5.41 Å². The Balaban J connectivity index is 1.72. The Bertz CT molecular complexity index is 765. The van der Waals surface area contributed by atoms with Crippen molar-refractivity contribution in [3.8, 4) is 11.3 Å². The molecule has 0 aliphatic rings. The van der Waals surface area contributed by atoms with Crippen molar-refractivity contribution >= 4 is 27.9 Å². The zero-order chi connectivity index (χ0) is 15.7. The third-order valence-corrected chi connectivity index (χ3v) is 4.02. The van der Waals surface area contributed by atoms with E-state index in [1.54, 1.807) is 11.3 Å². The number of benzene rings is 1. The second-order valence-electron chi connectivity index (χ2n) is 6.58. The Labute approximate surface area is 133 Å². The lowest BCUT2D eigenvalue weighted by molar-refractivity contribution is -0.117. The zero-order valence-electron chi connectivity index (χ0n) is 13.0. The normalized spacial score (nSPS) is 11.8. The Kier molecular flexibility index (Phi) is 3.74. The summed E-state index contributed by atoms with van der Waals surface area (Å²) in [6, 6.07) is 7.81. The quantitative estimate of drug-likeness (QED) is 0.777. The first kappa shape index (κ1) is 14.8. The molecule has 5 heteroatoms. The lowest BCUT2D eigenvalue weighted by Gasteiger charge is -2.17. The van der Waals surface area contributed by atoms with Gasteiger partial charge in [-0.3, -0.25) is 9.20 Å². The van der Waals surface area contributed by atoms with Gasteiger partial charge in [-0.1, -0.05) is 32.9 Å². The highest BCUT2D eigenvalue weighted by Crippen LogP contribution is 2.24. The number of carbonyl (C=O) groups excluding carboxylic acids is 1. The van der Waals surface area contributed by atoms with E-state index in [4.69, 9.17) is 0 Å². The number of rotatable bonds is 3. The molecule has 0 spiro atoms. The van der Waals surface area contributed by atoms with Gasteiger partial charge in [-0.15, -0.1) is 11.3 Å². The highest BCUT2D eigenvalue weighted by Gasteiger charge is 2.16. The summed E-state index contributed by atoms with van der Waals surface area (Å²) < 4.78 is 2.01. The molecule has 22 heavy (non-hydrogen) atoms. The van der Waals surface area contributed by atoms with Crippen LogP contribution >= 0.6 is 11.3 Å². The molecule has 3 rings (SSSR count). The highest BCUT2D eigenvalue weighted by atomic mass is 32.1. The molecule has 4 nitrogen and oxygen atoms in total. The van der Waals surface area contributed by atoms with Crippen molar-refractivity contribution in [1.29, 1.82) is 0 Å². The Hall–Kier alpha value is -2.14. The number of amides is 1. The van der Waals surface area contributed by atoms with Crippen LogP contribution in [0.15, 0.2) is 42.0 Å². The van der Waals surface area contributed by atoms with E-state index < -0.39 is 0 Å². The van der Waals surface area contributed by atoms with Crippen LogP contribution in [0.4, 0.5) is 5.69 Å². The van der Waals surface area contributed by atoms with Crippen LogP contribution < -0.4 is 5.32 Å². The van der Waals surface area contributed by atoms with Gasteiger partial charge in [0.1, 0.15) is 0 Å². The zero-order valence-corrected chi connectivity index (χ0v) is 13.8. The first-order chi connectivity index (χ1) is 10.4. The number of nitrogens with one attached hydrogen (secondary N) is 1. The van der Waals surface area contributed by atoms with Gasteiger partial charge in [0.15, 0.2) is 4.96 Å². The third-order valence-electron chi connectivity index (χ3n) is 3.25. The van der Waals surface area contributed by atoms with Crippen LogP contribution in [0.5, 0.6) is 0 Å². The fourth-order valence-electron chi connectivity index (χ4n) is 2.28. The lowest BCUT2D eigenvalue weighted by Crippen LogP contribution is -2.19. The lowest BCUT2D eigenvalue weighted by atomic mass is 9.92. The van der Waals surface area contributed by atoms with E-state index in [1.165, 1.54) is 0 Å². The van der Waals surface area contributed by atoms with Gasteiger partial charge < -0.3 is 5.32 Å². The maximum Gasteiger partial charge on any atom is 0.224 e. The summed E-state index contributed by atoms with van der Waals surface area (Å²) in [5.74, 6) is 0.0442. The molecule has 0 aliphatic heterocycles. The summed E-state index contributed by atoms with van der Waals surface area (Å²) in [5, 5.41) is 4.95. The smallest absolute Gasteiger partial charge is 0.224 e. The van der Waals surface area contributed by atoms with E-state index in [0.29, 0.717) is 6.42 Å². The molecule has 0 aliphatic carbocycles. The second-order valence-corrected chi connectivity index (χ2v) is 7.45. The van der Waals surface area contributed by atoms with Crippen molar-refractivity contribution in [3.05, 3.63) is 42.0 Å². The molecular weight excluding hydrogens is 294 g/mol. The summed E-state index contributed by atoms with van der Waals surface area (Å²) >= 11 is 1.61. The van der Waals surface area contributed by atoms with E-state index in [-0.39, 0.29) is 11.3 Å². The van der Waals surface area contributed by atoms with Crippen LogP contribution in [-0.2, 0) is 4.79 Å². The molecule has 1 amide bonds. The van der Waals surface area contributed by atoms with Gasteiger partial charge in [0.05, 0.1) is 5.69 Å². The number of fused-ring (bicyclic) bond motifs is 1. The molecule has 114 valence electrons. The van der Waals surface area contributed by atoms with Crippen LogP contribution in [0, 0.1) is 5.41 Å². The topological polar surface area (TPSA) is 46.4 Å². The number of imidazole rings is 1. The van der Waals surface area contributed by atoms with E-state index in [9.17, 15) is 4.79 Å². The fraction of sp³-hybridized carbons (Fsp3) is 0.294. The summed E-state index contributed by atoms with van der Waals surface area (Å²) in [5.41, 5.74) is 2.80. The molecule has 0 fully saturated rings. The molecule has 0 saturated carbocycles. The van der Waals surface area contributed by atoms with Gasteiger partial charge in [0, 0.05) is 35.4 Å². The van der Waals surface area contributed by atoms with Crippen molar-refractivity contribution in [2.75, 3.05) is 5.32 Å². The molecule has 3 aromatic rings. The second kappa shape index (κ2) is 5.57. The van der Waals surface area contributed by atoms with Crippen molar-refractivity contribution in [1.82, 2.24) is 9.38 Å². The maximum atomic E-state index is 11.9. The van der Waals surface area contributed by atoms with E-state index >= 15 is 0 Å². The predicted octanol–water partition coefficient (Wildman–Crippen LogP) is 4.44. The average Bonchev–Trinajstić information content (AvgIpc) is 2.97. The predicted molar refractivity (Wildman–Crippen MR) is 91.2 cm³/mol. The highest BCUT2D eigenvalue weighted by molar-refractivity contribution is 7.15. The Morgan fingerprint density at radius 3 is 2.64 bits per heavy atom. The molecule has 0 radical (unpaired) electrons. The van der Waals surface area contributed by atoms with Gasteiger partial charge in [-0.25, -0.2) is 4.98 Å². The molecule has 1 aromatic carbocycles. The number of hydrogen-bond acceptors (Lipinski definition) is 3. The SMILES string of the molecule is CC(C)(C)CC(=O)Nc1ccc(-c2cn3ccsc3n2)cc1. The van der Waals surface area contributed by atoms with Crippen LogP contribution in [0.3, 0.4) is 0 Å². The maximum absolute atomic E-state index is 11.9. The van der Waals surface area contributed by atoms with Gasteiger partial charge in [0.25, 0.3) is 0 Å². The van der Waals surface area contributed by atoms with Crippen molar-refractivity contribution in [2.45, 2.75) is 27.2 Å². The summed E-state index contributed by atoms with van der Waals surface area (Å²) in [6.07, 6.45) is 4.52. The van der Waals surface area contributed by atoms with E-state index in [1.807, 2.05) is 46.4 Å². The number of nitrogens with zero attached hydrogens (tertiary/aromatic N) is 2. The molecule has 0 saturated heterocycles. The van der Waals surface area contributed by atoms with Crippen LogP contribution in [0.25, 0.3) is 16.2 Å². The number of hydrogen-bond donors (Lipinski definition) is 1. The minimum atomic E-state index is -0.00774. The average molecular weight is 313 g/mol. The minimum absolute atomic E-state index is 0.00774. The molecular formula is C17H19N3OS.